The maximum Gasteiger partial charge on any atom is 0.246 e. The van der Waals surface area contributed by atoms with Crippen LogP contribution in [0.2, 0.25) is 0 Å². The molecule has 6 nitrogen and oxygen atoms in total. The first-order chi connectivity index (χ1) is 14.3. The van der Waals surface area contributed by atoms with Crippen LogP contribution in [0.3, 0.4) is 0 Å². The minimum Gasteiger partial charge on any atom is -0.467 e. The van der Waals surface area contributed by atoms with Crippen molar-refractivity contribution in [2.24, 2.45) is 0 Å². The van der Waals surface area contributed by atoms with Gasteiger partial charge in [0, 0.05) is 30.2 Å². The van der Waals surface area contributed by atoms with Crippen LogP contribution >= 0.6 is 0 Å². The number of furan rings is 1. The first-order valence-corrected chi connectivity index (χ1v) is 9.82. The predicted molar refractivity (Wildman–Crippen MR) is 118 cm³/mol. The van der Waals surface area contributed by atoms with E-state index in [-0.39, 0.29) is 18.4 Å². The summed E-state index contributed by atoms with van der Waals surface area (Å²) >= 11 is 0. The van der Waals surface area contributed by atoms with Gasteiger partial charge in [0.05, 0.1) is 19.4 Å². The Bertz CT molecular complexity index is 1040. The van der Waals surface area contributed by atoms with E-state index in [9.17, 15) is 9.59 Å². The highest BCUT2D eigenvalue weighted by atomic mass is 16.3. The monoisotopic (exact) mass is 405 g/mol. The van der Waals surface area contributed by atoms with Gasteiger partial charge in [0.15, 0.2) is 0 Å². The molecule has 2 aromatic heterocycles. The summed E-state index contributed by atoms with van der Waals surface area (Å²) in [5, 5.41) is 2.80. The molecule has 2 amide bonds. The van der Waals surface area contributed by atoms with Crippen LogP contribution < -0.4 is 5.32 Å². The van der Waals surface area contributed by atoms with Gasteiger partial charge in [-0.2, -0.15) is 0 Å². The van der Waals surface area contributed by atoms with Crippen molar-refractivity contribution in [2.75, 3.05) is 18.9 Å². The molecule has 156 valence electrons. The van der Waals surface area contributed by atoms with Gasteiger partial charge in [0.2, 0.25) is 11.8 Å². The molecule has 0 saturated carbocycles. The van der Waals surface area contributed by atoms with Crippen LogP contribution in [-0.4, -0.2) is 34.9 Å². The Labute approximate surface area is 176 Å². The Morgan fingerprint density at radius 1 is 1.13 bits per heavy atom. The summed E-state index contributed by atoms with van der Waals surface area (Å²) in [6.07, 6.45) is 4.95. The fourth-order valence-corrected chi connectivity index (χ4v) is 3.22. The molecule has 30 heavy (non-hydrogen) atoms. The number of benzene rings is 1. The number of nitrogens with one attached hydrogen (secondary N) is 1. The second-order valence-corrected chi connectivity index (χ2v) is 7.43. The molecule has 0 unspecified atom stereocenters. The van der Waals surface area contributed by atoms with Gasteiger partial charge in [0.1, 0.15) is 5.76 Å². The van der Waals surface area contributed by atoms with Crippen LogP contribution in [0.4, 0.5) is 5.69 Å². The molecule has 0 atom stereocenters. The molecule has 0 fully saturated rings. The molecule has 0 bridgehead atoms. The maximum atomic E-state index is 12.4. The van der Waals surface area contributed by atoms with E-state index in [0.29, 0.717) is 12.2 Å². The second kappa shape index (κ2) is 9.31. The van der Waals surface area contributed by atoms with Crippen molar-refractivity contribution in [2.45, 2.75) is 27.3 Å². The van der Waals surface area contributed by atoms with Gasteiger partial charge < -0.3 is 19.2 Å². The molecule has 2 heterocycles. The number of aromatic nitrogens is 1. The zero-order valence-corrected chi connectivity index (χ0v) is 17.8. The van der Waals surface area contributed by atoms with E-state index in [0.717, 1.165) is 28.3 Å². The molecule has 1 aromatic carbocycles. The third-order valence-corrected chi connectivity index (χ3v) is 5.00. The first-order valence-electron chi connectivity index (χ1n) is 9.82. The van der Waals surface area contributed by atoms with E-state index in [1.165, 1.54) is 11.0 Å². The standard InChI is InChI=1S/C24H27N3O3/c1-17-7-10-21(11-8-17)25-23(28)16-26(4)24(29)12-9-20-14-18(2)27(19(20)3)15-22-6-5-13-30-22/h5-14H,15-16H2,1-4H3,(H,25,28)/b12-9+. The van der Waals surface area contributed by atoms with Crippen molar-refractivity contribution < 1.29 is 14.0 Å². The van der Waals surface area contributed by atoms with E-state index in [1.54, 1.807) is 19.4 Å². The summed E-state index contributed by atoms with van der Waals surface area (Å²) < 4.78 is 7.57. The van der Waals surface area contributed by atoms with Crippen LogP contribution in [0, 0.1) is 20.8 Å². The summed E-state index contributed by atoms with van der Waals surface area (Å²) in [6, 6.07) is 13.4. The van der Waals surface area contributed by atoms with Crippen molar-refractivity contribution >= 4 is 23.6 Å². The van der Waals surface area contributed by atoms with Crippen LogP contribution in [0.15, 0.2) is 59.2 Å². The number of likely N-dealkylation sites (N-methyl/N-ethyl adjacent to an activating group) is 1. The summed E-state index contributed by atoms with van der Waals surface area (Å²) in [6.45, 7) is 6.65. The molecule has 0 aliphatic carbocycles. The van der Waals surface area contributed by atoms with Crippen LogP contribution in [0.5, 0.6) is 0 Å². The Hall–Kier alpha value is -3.54. The molecule has 6 heteroatoms. The van der Waals surface area contributed by atoms with Gasteiger partial charge in [0.25, 0.3) is 0 Å². The Morgan fingerprint density at radius 2 is 1.87 bits per heavy atom. The highest BCUT2D eigenvalue weighted by Crippen LogP contribution is 2.19. The SMILES string of the molecule is Cc1ccc(NC(=O)CN(C)C(=O)/C=C/c2cc(C)n(Cc3ccco3)c2C)cc1. The number of amides is 2. The average molecular weight is 405 g/mol. The molecule has 0 aliphatic rings. The number of carbonyl (C=O) groups excluding carboxylic acids is 2. The number of rotatable bonds is 7. The molecule has 0 saturated heterocycles. The summed E-state index contributed by atoms with van der Waals surface area (Å²) in [4.78, 5) is 26.0. The maximum absolute atomic E-state index is 12.4. The normalized spacial score (nSPS) is 11.1. The van der Waals surface area contributed by atoms with E-state index in [2.05, 4.69) is 9.88 Å². The second-order valence-electron chi connectivity index (χ2n) is 7.43. The van der Waals surface area contributed by atoms with Crippen molar-refractivity contribution in [3.63, 3.8) is 0 Å². The zero-order valence-electron chi connectivity index (χ0n) is 17.8. The van der Waals surface area contributed by atoms with Crippen molar-refractivity contribution in [3.8, 4) is 0 Å². The van der Waals surface area contributed by atoms with Crippen LogP contribution in [-0.2, 0) is 16.1 Å². The molecule has 3 aromatic rings. The third-order valence-electron chi connectivity index (χ3n) is 5.00. The number of hydrogen-bond donors (Lipinski definition) is 1. The fraction of sp³-hybridized carbons (Fsp3) is 0.250. The molecule has 0 aliphatic heterocycles. The van der Waals surface area contributed by atoms with Gasteiger partial charge >= 0.3 is 0 Å². The van der Waals surface area contributed by atoms with Crippen molar-refractivity contribution in [1.82, 2.24) is 9.47 Å². The minimum atomic E-state index is -0.236. The van der Waals surface area contributed by atoms with Crippen molar-refractivity contribution in [3.05, 3.63) is 83.1 Å². The minimum absolute atomic E-state index is 0.0193. The van der Waals surface area contributed by atoms with E-state index >= 15 is 0 Å². The Kier molecular flexibility index (Phi) is 6.57. The fourth-order valence-electron chi connectivity index (χ4n) is 3.22. The lowest BCUT2D eigenvalue weighted by atomic mass is 10.2. The molecular weight excluding hydrogens is 378 g/mol. The van der Waals surface area contributed by atoms with Crippen LogP contribution in [0.1, 0.15) is 28.3 Å². The lowest BCUT2D eigenvalue weighted by Gasteiger charge is -2.15. The Balaban J connectivity index is 1.59. The predicted octanol–water partition coefficient (Wildman–Crippen LogP) is 4.16. The lowest BCUT2D eigenvalue weighted by Crippen LogP contribution is -2.33. The van der Waals surface area contributed by atoms with Crippen LogP contribution in [0.25, 0.3) is 6.08 Å². The van der Waals surface area contributed by atoms with E-state index in [4.69, 9.17) is 4.42 Å². The smallest absolute Gasteiger partial charge is 0.246 e. The number of carbonyl (C=O) groups is 2. The summed E-state index contributed by atoms with van der Waals surface area (Å²) in [5.74, 6) is 0.410. The zero-order chi connectivity index (χ0) is 21.7. The third kappa shape index (κ3) is 5.29. The first kappa shape index (κ1) is 21.2. The number of nitrogens with zero attached hydrogens (tertiary/aromatic N) is 2. The number of hydrogen-bond acceptors (Lipinski definition) is 3. The van der Waals surface area contributed by atoms with E-state index < -0.39 is 0 Å². The molecule has 0 radical (unpaired) electrons. The van der Waals surface area contributed by atoms with Gasteiger partial charge in [-0.1, -0.05) is 17.7 Å². The molecule has 1 N–H and O–H groups in total. The quantitative estimate of drug-likeness (QED) is 0.600. The van der Waals surface area contributed by atoms with Gasteiger partial charge in [-0.05, 0) is 62.7 Å². The highest BCUT2D eigenvalue weighted by Gasteiger charge is 2.12. The van der Waals surface area contributed by atoms with Gasteiger partial charge in [-0.3, -0.25) is 9.59 Å². The molecule has 3 rings (SSSR count). The largest absolute Gasteiger partial charge is 0.467 e. The topological polar surface area (TPSA) is 67.5 Å². The lowest BCUT2D eigenvalue weighted by molar-refractivity contribution is -0.129. The highest BCUT2D eigenvalue weighted by molar-refractivity contribution is 5.98. The van der Waals surface area contributed by atoms with Gasteiger partial charge in [-0.25, -0.2) is 0 Å². The summed E-state index contributed by atoms with van der Waals surface area (Å²) in [7, 11) is 1.61. The van der Waals surface area contributed by atoms with E-state index in [1.807, 2.05) is 63.2 Å². The average Bonchev–Trinajstić information content (AvgIpc) is 3.31. The Morgan fingerprint density at radius 3 is 2.53 bits per heavy atom. The summed E-state index contributed by atoms with van der Waals surface area (Å²) in [5.41, 5.74) is 4.93. The number of aryl methyl sites for hydroxylation is 2. The van der Waals surface area contributed by atoms with Gasteiger partial charge in [-0.15, -0.1) is 0 Å². The van der Waals surface area contributed by atoms with Crippen molar-refractivity contribution in [1.29, 1.82) is 0 Å². The number of anilines is 1. The molecular formula is C24H27N3O3. The molecule has 0 spiro atoms.